The van der Waals surface area contributed by atoms with Gasteiger partial charge < -0.3 is 18.6 Å². The molecule has 40 heavy (non-hydrogen) atoms. The number of carbonyl (C=O) groups excluding carboxylic acids is 2. The van der Waals surface area contributed by atoms with Crippen molar-refractivity contribution in [3.63, 3.8) is 0 Å². The fourth-order valence-electron chi connectivity index (χ4n) is 5.65. The third kappa shape index (κ3) is 5.57. The molecular formula is C34H34N2O4. The zero-order valence-electron chi connectivity index (χ0n) is 23.0. The maximum Gasteiger partial charge on any atom is 0.246 e. The first kappa shape index (κ1) is 27.0. The molecule has 0 unspecified atom stereocenters. The van der Waals surface area contributed by atoms with Gasteiger partial charge in [0.05, 0.1) is 13.1 Å². The molecule has 2 atom stereocenters. The van der Waals surface area contributed by atoms with Crippen LogP contribution < -0.4 is 0 Å². The lowest BCUT2D eigenvalue weighted by atomic mass is 9.88. The standard InChI is InChI=1S/2C17H17NO2/c2*1-3-17(19)18-10-15(13-7-5-4-6-8-13)14-9-12(2)20-16(14)11-18/h2*3-9,15H,1,10-11H2,2H3/t2*15-/m10/s1. The van der Waals surface area contributed by atoms with Gasteiger partial charge in [0.25, 0.3) is 0 Å². The molecule has 2 aromatic carbocycles. The number of rotatable bonds is 4. The second-order valence-corrected chi connectivity index (χ2v) is 10.2. The summed E-state index contributed by atoms with van der Waals surface area (Å²) in [5, 5.41) is 0. The van der Waals surface area contributed by atoms with Crippen molar-refractivity contribution in [2.45, 2.75) is 38.8 Å². The van der Waals surface area contributed by atoms with Crippen LogP contribution >= 0.6 is 0 Å². The van der Waals surface area contributed by atoms with Crippen molar-refractivity contribution in [2.75, 3.05) is 13.1 Å². The molecule has 4 aromatic rings. The van der Waals surface area contributed by atoms with Crippen molar-refractivity contribution >= 4 is 11.8 Å². The Morgan fingerprint density at radius 3 is 1.43 bits per heavy atom. The predicted molar refractivity (Wildman–Crippen MR) is 155 cm³/mol. The minimum Gasteiger partial charge on any atom is -0.464 e. The molecule has 0 spiro atoms. The maximum absolute atomic E-state index is 11.9. The minimum absolute atomic E-state index is 0.0503. The van der Waals surface area contributed by atoms with Crippen LogP contribution in [-0.4, -0.2) is 34.7 Å². The number of furan rings is 2. The van der Waals surface area contributed by atoms with E-state index in [-0.39, 0.29) is 23.7 Å². The number of hydrogen-bond donors (Lipinski definition) is 0. The van der Waals surface area contributed by atoms with Gasteiger partial charge in [-0.1, -0.05) is 73.8 Å². The second kappa shape index (κ2) is 11.7. The number of hydrogen-bond acceptors (Lipinski definition) is 4. The lowest BCUT2D eigenvalue weighted by Crippen LogP contribution is -2.37. The van der Waals surface area contributed by atoms with Crippen LogP contribution in [0.4, 0.5) is 0 Å². The third-order valence-corrected chi connectivity index (χ3v) is 7.53. The Balaban J connectivity index is 0.000000161. The zero-order chi connectivity index (χ0) is 28.2. The Bertz CT molecular complexity index is 1400. The van der Waals surface area contributed by atoms with Crippen LogP contribution in [0.5, 0.6) is 0 Å². The summed E-state index contributed by atoms with van der Waals surface area (Å²) in [7, 11) is 0. The largest absolute Gasteiger partial charge is 0.464 e. The fourth-order valence-corrected chi connectivity index (χ4v) is 5.65. The number of nitrogens with zero attached hydrogens (tertiary/aromatic N) is 2. The van der Waals surface area contributed by atoms with Crippen molar-refractivity contribution in [2.24, 2.45) is 0 Å². The molecule has 6 nitrogen and oxygen atoms in total. The summed E-state index contributed by atoms with van der Waals surface area (Å²) < 4.78 is 11.5. The summed E-state index contributed by atoms with van der Waals surface area (Å²) in [6.07, 6.45) is 2.73. The van der Waals surface area contributed by atoms with Crippen molar-refractivity contribution in [1.82, 2.24) is 9.80 Å². The van der Waals surface area contributed by atoms with Gasteiger partial charge in [-0.05, 0) is 49.3 Å². The average Bonchev–Trinajstić information content (AvgIpc) is 3.56. The molecule has 2 aliphatic rings. The lowest BCUT2D eigenvalue weighted by molar-refractivity contribution is -0.128. The van der Waals surface area contributed by atoms with Gasteiger partial charge in [-0.2, -0.15) is 0 Å². The molecular weight excluding hydrogens is 500 g/mol. The summed E-state index contributed by atoms with van der Waals surface area (Å²) in [5.74, 6) is 3.79. The third-order valence-electron chi connectivity index (χ3n) is 7.53. The summed E-state index contributed by atoms with van der Waals surface area (Å²) in [6, 6.07) is 24.7. The number of aryl methyl sites for hydroxylation is 2. The SMILES string of the molecule is C=CC(=O)N1Cc2oc(C)cc2[C@@H](c2ccccc2)C1.C=CC(=O)N1Cc2oc(C)cc2[C@H](c2ccccc2)C1. The first-order valence-corrected chi connectivity index (χ1v) is 13.5. The molecule has 2 aliphatic heterocycles. The molecule has 4 heterocycles. The quantitative estimate of drug-likeness (QED) is 0.281. The molecule has 0 N–H and O–H groups in total. The molecule has 2 amide bonds. The Hall–Kier alpha value is -4.58. The molecule has 0 saturated heterocycles. The molecule has 2 aromatic heterocycles. The smallest absolute Gasteiger partial charge is 0.246 e. The van der Waals surface area contributed by atoms with Crippen LogP contribution in [0, 0.1) is 13.8 Å². The van der Waals surface area contributed by atoms with Crippen LogP contribution in [0.1, 0.15) is 57.1 Å². The minimum atomic E-state index is -0.0503. The molecule has 204 valence electrons. The number of benzene rings is 2. The van der Waals surface area contributed by atoms with Gasteiger partial charge in [0.1, 0.15) is 23.0 Å². The molecule has 0 fully saturated rings. The predicted octanol–water partition coefficient (Wildman–Crippen LogP) is 6.50. The van der Waals surface area contributed by atoms with Crippen LogP contribution in [-0.2, 0) is 22.7 Å². The summed E-state index contributed by atoms with van der Waals surface area (Å²) >= 11 is 0. The average molecular weight is 535 g/mol. The van der Waals surface area contributed by atoms with E-state index in [4.69, 9.17) is 8.83 Å². The van der Waals surface area contributed by atoms with E-state index >= 15 is 0 Å². The highest BCUT2D eigenvalue weighted by Crippen LogP contribution is 2.36. The zero-order valence-corrected chi connectivity index (χ0v) is 23.0. The fraction of sp³-hybridized carbons (Fsp3) is 0.235. The molecule has 0 radical (unpaired) electrons. The van der Waals surface area contributed by atoms with Crippen LogP contribution in [0.25, 0.3) is 0 Å². The summed E-state index contributed by atoms with van der Waals surface area (Å²) in [4.78, 5) is 27.4. The molecule has 0 bridgehead atoms. The topological polar surface area (TPSA) is 66.9 Å². The first-order chi connectivity index (χ1) is 19.4. The lowest BCUT2D eigenvalue weighted by Gasteiger charge is -2.31. The number of amides is 2. The molecule has 6 rings (SSSR count). The van der Waals surface area contributed by atoms with E-state index in [1.54, 1.807) is 9.80 Å². The van der Waals surface area contributed by atoms with Crippen LogP contribution in [0.3, 0.4) is 0 Å². The Morgan fingerprint density at radius 1 is 0.700 bits per heavy atom. The highest BCUT2D eigenvalue weighted by molar-refractivity contribution is 5.87. The van der Waals surface area contributed by atoms with Gasteiger partial charge in [-0.15, -0.1) is 0 Å². The molecule has 6 heteroatoms. The van der Waals surface area contributed by atoms with E-state index in [9.17, 15) is 9.59 Å². The maximum atomic E-state index is 11.9. The van der Waals surface area contributed by atoms with Gasteiger partial charge in [0.2, 0.25) is 11.8 Å². The van der Waals surface area contributed by atoms with E-state index < -0.39 is 0 Å². The van der Waals surface area contributed by atoms with E-state index in [1.807, 2.05) is 50.2 Å². The Morgan fingerprint density at radius 2 is 1.07 bits per heavy atom. The highest BCUT2D eigenvalue weighted by Gasteiger charge is 2.32. The van der Waals surface area contributed by atoms with Gasteiger partial charge in [0.15, 0.2) is 0 Å². The Kier molecular flexibility index (Phi) is 7.87. The Labute approximate surface area is 235 Å². The highest BCUT2D eigenvalue weighted by atomic mass is 16.3. The number of carbonyl (C=O) groups is 2. The monoisotopic (exact) mass is 534 g/mol. The van der Waals surface area contributed by atoms with E-state index in [0.717, 1.165) is 23.0 Å². The second-order valence-electron chi connectivity index (χ2n) is 10.2. The molecule has 0 saturated carbocycles. The van der Waals surface area contributed by atoms with Crippen molar-refractivity contribution in [3.8, 4) is 0 Å². The first-order valence-electron chi connectivity index (χ1n) is 13.5. The van der Waals surface area contributed by atoms with Gasteiger partial charge >= 0.3 is 0 Å². The van der Waals surface area contributed by atoms with Crippen molar-refractivity contribution in [1.29, 1.82) is 0 Å². The van der Waals surface area contributed by atoms with Crippen LogP contribution in [0.15, 0.2) is 107 Å². The number of fused-ring (bicyclic) bond motifs is 2. The van der Waals surface area contributed by atoms with Crippen LogP contribution in [0.2, 0.25) is 0 Å². The summed E-state index contributed by atoms with van der Waals surface area (Å²) in [6.45, 7) is 13.4. The normalized spacial score (nSPS) is 17.6. The van der Waals surface area contributed by atoms with Crippen molar-refractivity contribution < 1.29 is 18.4 Å². The van der Waals surface area contributed by atoms with Crippen molar-refractivity contribution in [3.05, 3.63) is 143 Å². The van der Waals surface area contributed by atoms with E-state index in [1.165, 1.54) is 34.4 Å². The van der Waals surface area contributed by atoms with Gasteiger partial charge in [0, 0.05) is 36.1 Å². The van der Waals surface area contributed by atoms with Gasteiger partial charge in [-0.3, -0.25) is 9.59 Å². The van der Waals surface area contributed by atoms with Gasteiger partial charge in [-0.25, -0.2) is 0 Å². The molecule has 0 aliphatic carbocycles. The summed E-state index contributed by atoms with van der Waals surface area (Å²) in [5.41, 5.74) is 4.80. The van der Waals surface area contributed by atoms with E-state index in [0.29, 0.717) is 26.2 Å². The van der Waals surface area contributed by atoms with E-state index in [2.05, 4.69) is 49.6 Å².